The second kappa shape index (κ2) is 8.19. The lowest BCUT2D eigenvalue weighted by Crippen LogP contribution is -2.56. The third kappa shape index (κ3) is 3.71. The van der Waals surface area contributed by atoms with Crippen molar-refractivity contribution in [3.8, 4) is 0 Å². The molecule has 172 valence electrons. The Hall–Kier alpha value is -0.830. The maximum Gasteiger partial charge on any atom is 0.0577 e. The molecule has 0 aliphatic heterocycles. The summed E-state index contributed by atoms with van der Waals surface area (Å²) in [6.45, 7) is 7.44. The van der Waals surface area contributed by atoms with Gasteiger partial charge in [0, 0.05) is 5.54 Å². The molecule has 3 fully saturated rings. The molecular formula is C28H42ClNO. The Morgan fingerprint density at radius 2 is 1.77 bits per heavy atom. The molecule has 5 rings (SSSR count). The highest BCUT2D eigenvalue weighted by Gasteiger charge is 2.60. The first-order valence-electron chi connectivity index (χ1n) is 12.4. The quantitative estimate of drug-likeness (QED) is 0.537. The minimum Gasteiger partial charge on any atom is -0.393 e. The second-order valence-electron chi connectivity index (χ2n) is 12.0. The number of rotatable bonds is 3. The van der Waals surface area contributed by atoms with Crippen molar-refractivity contribution in [2.45, 2.75) is 90.2 Å². The standard InChI is InChI=1S/C28H41NO.ClH/c1-26-15-13-21(30)17-20(26)9-10-22-23-11-12-25(27(23,2)16-14-24(22)26)28(3,29)18-19-7-5-4-6-8-19;/h4-9,21-25,30H,10-18,29H2,1-3H3;1H/t21-,22-,23-,24-,25-,26-,27-,28+;/m0./s1. The molecule has 31 heavy (non-hydrogen) atoms. The minimum absolute atomic E-state index is 0. The van der Waals surface area contributed by atoms with Crippen molar-refractivity contribution in [1.82, 2.24) is 0 Å². The molecule has 4 aliphatic carbocycles. The fourth-order valence-corrected chi connectivity index (χ4v) is 8.88. The summed E-state index contributed by atoms with van der Waals surface area (Å²) in [5.74, 6) is 3.02. The van der Waals surface area contributed by atoms with Gasteiger partial charge in [0.25, 0.3) is 0 Å². The molecule has 0 spiro atoms. The molecule has 1 aromatic carbocycles. The summed E-state index contributed by atoms with van der Waals surface area (Å²) in [6, 6.07) is 10.9. The molecule has 0 unspecified atom stereocenters. The summed E-state index contributed by atoms with van der Waals surface area (Å²) in [6.07, 6.45) is 13.1. The van der Waals surface area contributed by atoms with E-state index >= 15 is 0 Å². The smallest absolute Gasteiger partial charge is 0.0577 e. The Labute approximate surface area is 195 Å². The molecule has 0 bridgehead atoms. The van der Waals surface area contributed by atoms with E-state index in [9.17, 15) is 5.11 Å². The zero-order valence-electron chi connectivity index (χ0n) is 19.6. The van der Waals surface area contributed by atoms with Crippen LogP contribution in [0.2, 0.25) is 0 Å². The summed E-state index contributed by atoms with van der Waals surface area (Å²) in [7, 11) is 0. The molecule has 2 nitrogen and oxygen atoms in total. The number of benzene rings is 1. The lowest BCUT2D eigenvalue weighted by molar-refractivity contribution is -0.0594. The Kier molecular flexibility index (Phi) is 6.16. The fourth-order valence-electron chi connectivity index (χ4n) is 8.88. The van der Waals surface area contributed by atoms with Crippen molar-refractivity contribution < 1.29 is 5.11 Å². The van der Waals surface area contributed by atoms with Crippen LogP contribution in [0.15, 0.2) is 42.0 Å². The van der Waals surface area contributed by atoms with Crippen LogP contribution in [0, 0.1) is 34.5 Å². The minimum atomic E-state index is -0.147. The van der Waals surface area contributed by atoms with E-state index < -0.39 is 0 Å². The molecule has 0 aromatic heterocycles. The molecule has 0 heterocycles. The highest BCUT2D eigenvalue weighted by molar-refractivity contribution is 5.85. The van der Waals surface area contributed by atoms with Crippen LogP contribution in [0.1, 0.15) is 77.7 Å². The monoisotopic (exact) mass is 443 g/mol. The SMILES string of the molecule is C[C@]12CC[C@H]3[C@@H](CC=C4C[C@@H](O)CC[C@@]43C)[C@@H]1CC[C@@H]2[C@](C)(N)Cc1ccccc1.Cl. The van der Waals surface area contributed by atoms with E-state index in [0.717, 1.165) is 37.0 Å². The number of halogens is 1. The van der Waals surface area contributed by atoms with Crippen LogP contribution in [0.3, 0.4) is 0 Å². The molecule has 3 N–H and O–H groups in total. The van der Waals surface area contributed by atoms with Gasteiger partial charge in [0.1, 0.15) is 0 Å². The number of aliphatic hydroxyl groups is 1. The van der Waals surface area contributed by atoms with Crippen molar-refractivity contribution in [2.24, 2.45) is 40.2 Å². The van der Waals surface area contributed by atoms with Crippen LogP contribution >= 0.6 is 12.4 Å². The van der Waals surface area contributed by atoms with E-state index in [-0.39, 0.29) is 24.0 Å². The van der Waals surface area contributed by atoms with Gasteiger partial charge < -0.3 is 10.8 Å². The lowest BCUT2D eigenvalue weighted by atomic mass is 9.46. The number of hydrogen-bond donors (Lipinski definition) is 2. The van der Waals surface area contributed by atoms with Gasteiger partial charge >= 0.3 is 0 Å². The molecule has 0 saturated heterocycles. The molecule has 3 heteroatoms. The lowest BCUT2D eigenvalue weighted by Gasteiger charge is -2.59. The van der Waals surface area contributed by atoms with Gasteiger partial charge in [-0.05, 0) is 105 Å². The normalized spacial score (nSPS) is 43.5. The van der Waals surface area contributed by atoms with Gasteiger partial charge in [-0.3, -0.25) is 0 Å². The van der Waals surface area contributed by atoms with Gasteiger partial charge in [0.15, 0.2) is 0 Å². The van der Waals surface area contributed by atoms with Gasteiger partial charge in [0.2, 0.25) is 0 Å². The Morgan fingerprint density at radius 1 is 1.03 bits per heavy atom. The van der Waals surface area contributed by atoms with Gasteiger partial charge in [-0.1, -0.05) is 55.8 Å². The Morgan fingerprint density at radius 3 is 2.52 bits per heavy atom. The van der Waals surface area contributed by atoms with E-state index in [1.807, 2.05) is 0 Å². The first-order chi connectivity index (χ1) is 14.2. The van der Waals surface area contributed by atoms with E-state index in [4.69, 9.17) is 5.73 Å². The largest absolute Gasteiger partial charge is 0.393 e. The Balaban J connectivity index is 0.00000231. The highest BCUT2D eigenvalue weighted by Crippen LogP contribution is 2.67. The number of allylic oxidation sites excluding steroid dienone is 1. The molecule has 8 atom stereocenters. The summed E-state index contributed by atoms with van der Waals surface area (Å²) in [4.78, 5) is 0. The maximum absolute atomic E-state index is 10.2. The maximum atomic E-state index is 10.2. The molecule has 3 saturated carbocycles. The van der Waals surface area contributed by atoms with Crippen LogP contribution in [-0.4, -0.2) is 16.7 Å². The van der Waals surface area contributed by atoms with E-state index in [1.54, 1.807) is 5.57 Å². The van der Waals surface area contributed by atoms with Gasteiger partial charge in [-0.15, -0.1) is 12.4 Å². The highest BCUT2D eigenvalue weighted by atomic mass is 35.5. The van der Waals surface area contributed by atoms with E-state index in [1.165, 1.54) is 44.1 Å². The second-order valence-corrected chi connectivity index (χ2v) is 12.0. The van der Waals surface area contributed by atoms with Crippen LogP contribution in [-0.2, 0) is 6.42 Å². The first-order valence-corrected chi connectivity index (χ1v) is 12.4. The zero-order valence-corrected chi connectivity index (χ0v) is 20.5. The predicted molar refractivity (Wildman–Crippen MR) is 131 cm³/mol. The number of aliphatic hydroxyl groups excluding tert-OH is 1. The molecular weight excluding hydrogens is 402 g/mol. The Bertz CT molecular complexity index is 820. The summed E-state index contributed by atoms with van der Waals surface area (Å²) in [5.41, 5.74) is 10.6. The van der Waals surface area contributed by atoms with Crippen LogP contribution in [0.5, 0.6) is 0 Å². The zero-order chi connectivity index (χ0) is 21.1. The average molecular weight is 444 g/mol. The summed E-state index contributed by atoms with van der Waals surface area (Å²) in [5, 5.41) is 10.2. The van der Waals surface area contributed by atoms with E-state index in [0.29, 0.717) is 16.7 Å². The number of hydrogen-bond acceptors (Lipinski definition) is 2. The molecule has 4 aliphatic rings. The van der Waals surface area contributed by atoms with Gasteiger partial charge in [0.05, 0.1) is 6.10 Å². The van der Waals surface area contributed by atoms with Crippen LogP contribution in [0.4, 0.5) is 0 Å². The fraction of sp³-hybridized carbons (Fsp3) is 0.714. The van der Waals surface area contributed by atoms with E-state index in [2.05, 4.69) is 57.2 Å². The van der Waals surface area contributed by atoms with Crippen molar-refractivity contribution in [3.05, 3.63) is 47.5 Å². The number of fused-ring (bicyclic) bond motifs is 5. The third-order valence-electron chi connectivity index (χ3n) is 10.3. The first kappa shape index (κ1) is 23.3. The predicted octanol–water partition coefficient (Wildman–Crippen LogP) is 6.31. The van der Waals surface area contributed by atoms with Crippen molar-refractivity contribution in [2.75, 3.05) is 0 Å². The van der Waals surface area contributed by atoms with Gasteiger partial charge in [-0.2, -0.15) is 0 Å². The molecule has 0 amide bonds. The van der Waals surface area contributed by atoms with Gasteiger partial charge in [-0.25, -0.2) is 0 Å². The summed E-state index contributed by atoms with van der Waals surface area (Å²) < 4.78 is 0. The van der Waals surface area contributed by atoms with Crippen LogP contribution in [0.25, 0.3) is 0 Å². The summed E-state index contributed by atoms with van der Waals surface area (Å²) >= 11 is 0. The molecule has 1 aromatic rings. The average Bonchev–Trinajstić information content (AvgIpc) is 3.07. The third-order valence-corrected chi connectivity index (χ3v) is 10.3. The van der Waals surface area contributed by atoms with Crippen LogP contribution < -0.4 is 5.73 Å². The molecule has 0 radical (unpaired) electrons. The topological polar surface area (TPSA) is 46.2 Å². The number of nitrogens with two attached hydrogens (primary N) is 1. The van der Waals surface area contributed by atoms with Crippen molar-refractivity contribution in [3.63, 3.8) is 0 Å². The van der Waals surface area contributed by atoms with Crippen molar-refractivity contribution >= 4 is 12.4 Å². The van der Waals surface area contributed by atoms with Crippen molar-refractivity contribution in [1.29, 1.82) is 0 Å².